The van der Waals surface area contributed by atoms with Gasteiger partial charge in [-0.3, -0.25) is 9.48 Å². The van der Waals surface area contributed by atoms with Crippen molar-refractivity contribution in [2.24, 2.45) is 0 Å². The number of nitrogen functional groups attached to an aromatic ring is 1. The minimum absolute atomic E-state index is 0.145. The molecule has 16 heavy (non-hydrogen) atoms. The van der Waals surface area contributed by atoms with Gasteiger partial charge in [0.25, 0.3) is 5.91 Å². The van der Waals surface area contributed by atoms with Crippen LogP contribution in [0.5, 0.6) is 0 Å². The van der Waals surface area contributed by atoms with Crippen molar-refractivity contribution in [3.8, 4) is 0 Å². The normalized spacial score (nSPS) is 20.4. The van der Waals surface area contributed by atoms with Crippen molar-refractivity contribution in [3.05, 3.63) is 11.9 Å². The number of hydrogen-bond donors (Lipinski definition) is 2. The Hall–Kier alpha value is -1.56. The third kappa shape index (κ3) is 1.76. The molecule has 0 bridgehead atoms. The van der Waals surface area contributed by atoms with Gasteiger partial charge in [0.15, 0.2) is 0 Å². The first-order valence-electron chi connectivity index (χ1n) is 5.42. The molecule has 1 aromatic heterocycles. The molecule has 1 amide bonds. The molecule has 1 aliphatic heterocycles. The van der Waals surface area contributed by atoms with Crippen LogP contribution in [0, 0.1) is 0 Å². The summed E-state index contributed by atoms with van der Waals surface area (Å²) < 4.78 is 1.59. The number of aryl methyl sites for hydroxylation is 1. The molecule has 1 atom stereocenters. The molecule has 88 valence electrons. The first kappa shape index (κ1) is 10.9. The molecule has 6 nitrogen and oxygen atoms in total. The summed E-state index contributed by atoms with van der Waals surface area (Å²) in [6.07, 6.45) is 1.71. The molecule has 6 heteroatoms. The third-order valence-corrected chi connectivity index (χ3v) is 2.82. The van der Waals surface area contributed by atoms with Crippen LogP contribution in [-0.2, 0) is 6.54 Å². The summed E-state index contributed by atoms with van der Waals surface area (Å²) in [6, 6.07) is 0. The molecule has 0 unspecified atom stereocenters. The molecule has 1 aliphatic rings. The summed E-state index contributed by atoms with van der Waals surface area (Å²) in [6.45, 7) is 3.47. The van der Waals surface area contributed by atoms with Crippen molar-refractivity contribution < 1.29 is 9.90 Å². The van der Waals surface area contributed by atoms with E-state index in [4.69, 9.17) is 5.73 Å². The molecule has 1 aromatic rings. The van der Waals surface area contributed by atoms with Crippen LogP contribution in [0.3, 0.4) is 0 Å². The number of aliphatic hydroxyl groups is 1. The fourth-order valence-electron chi connectivity index (χ4n) is 1.95. The number of anilines is 1. The number of likely N-dealkylation sites (tertiary alicyclic amines) is 1. The number of amides is 1. The average molecular weight is 224 g/mol. The van der Waals surface area contributed by atoms with E-state index < -0.39 is 6.10 Å². The third-order valence-electron chi connectivity index (χ3n) is 2.82. The van der Waals surface area contributed by atoms with Crippen molar-refractivity contribution in [1.82, 2.24) is 14.7 Å². The summed E-state index contributed by atoms with van der Waals surface area (Å²) in [5, 5.41) is 13.4. The molecule has 3 N–H and O–H groups in total. The second kappa shape index (κ2) is 4.13. The Balaban J connectivity index is 2.23. The summed E-state index contributed by atoms with van der Waals surface area (Å²) >= 11 is 0. The van der Waals surface area contributed by atoms with Crippen molar-refractivity contribution in [1.29, 1.82) is 0 Å². The lowest BCUT2D eigenvalue weighted by Gasteiger charge is -2.16. The van der Waals surface area contributed by atoms with E-state index in [9.17, 15) is 9.90 Å². The van der Waals surface area contributed by atoms with E-state index in [1.54, 1.807) is 9.58 Å². The summed E-state index contributed by atoms with van der Waals surface area (Å²) in [5.41, 5.74) is 6.55. The zero-order valence-corrected chi connectivity index (χ0v) is 9.26. The van der Waals surface area contributed by atoms with Crippen LogP contribution in [0.25, 0.3) is 0 Å². The fraction of sp³-hybridized carbons (Fsp3) is 0.600. The van der Waals surface area contributed by atoms with Crippen LogP contribution in [0.1, 0.15) is 23.8 Å². The topological polar surface area (TPSA) is 84.4 Å². The predicted octanol–water partition coefficient (Wildman–Crippen LogP) is -0.308. The molecule has 2 heterocycles. The quantitative estimate of drug-likeness (QED) is 0.721. The summed E-state index contributed by atoms with van der Waals surface area (Å²) in [7, 11) is 0. The first-order chi connectivity index (χ1) is 7.63. The smallest absolute Gasteiger partial charge is 0.274 e. The molecule has 1 fully saturated rings. The lowest BCUT2D eigenvalue weighted by molar-refractivity contribution is 0.0754. The highest BCUT2D eigenvalue weighted by atomic mass is 16.3. The number of aliphatic hydroxyl groups excluding tert-OH is 1. The Kier molecular flexibility index (Phi) is 2.82. The fourth-order valence-corrected chi connectivity index (χ4v) is 1.95. The molecule has 0 aliphatic carbocycles. The van der Waals surface area contributed by atoms with Gasteiger partial charge in [-0.05, 0) is 13.3 Å². The Labute approximate surface area is 93.6 Å². The molecule has 1 saturated heterocycles. The zero-order chi connectivity index (χ0) is 11.7. The van der Waals surface area contributed by atoms with E-state index in [0.717, 1.165) is 0 Å². The number of β-amino-alcohol motifs (C(OH)–C–C–N with tert-alkyl or cyclic N) is 1. The van der Waals surface area contributed by atoms with Gasteiger partial charge in [0, 0.05) is 19.6 Å². The minimum Gasteiger partial charge on any atom is -0.396 e. The minimum atomic E-state index is -0.414. The van der Waals surface area contributed by atoms with E-state index in [1.165, 1.54) is 6.20 Å². The van der Waals surface area contributed by atoms with Gasteiger partial charge in [-0.15, -0.1) is 0 Å². The maximum Gasteiger partial charge on any atom is 0.274 e. The number of nitrogens with two attached hydrogens (primary N) is 1. The maximum atomic E-state index is 12.1. The number of carbonyl (C=O) groups is 1. The SMILES string of the molecule is CCn1ncc(N)c1C(=O)N1CC[C@H](O)C1. The molecule has 0 radical (unpaired) electrons. The van der Waals surface area contributed by atoms with Crippen molar-refractivity contribution in [3.63, 3.8) is 0 Å². The van der Waals surface area contributed by atoms with Crippen LogP contribution < -0.4 is 5.73 Å². The first-order valence-corrected chi connectivity index (χ1v) is 5.42. The molecule has 0 saturated carbocycles. The van der Waals surface area contributed by atoms with Crippen LogP contribution >= 0.6 is 0 Å². The second-order valence-electron chi connectivity index (χ2n) is 3.96. The van der Waals surface area contributed by atoms with Gasteiger partial charge in [-0.1, -0.05) is 0 Å². The highest BCUT2D eigenvalue weighted by molar-refractivity contribution is 5.97. The summed E-state index contributed by atoms with van der Waals surface area (Å²) in [4.78, 5) is 13.7. The number of nitrogens with zero attached hydrogens (tertiary/aromatic N) is 3. The van der Waals surface area contributed by atoms with Gasteiger partial charge < -0.3 is 15.7 Å². The molecule has 2 rings (SSSR count). The number of hydrogen-bond acceptors (Lipinski definition) is 4. The summed E-state index contributed by atoms with van der Waals surface area (Å²) in [5.74, 6) is -0.145. The Bertz CT molecular complexity index is 402. The van der Waals surface area contributed by atoms with E-state index in [2.05, 4.69) is 5.10 Å². The molecule has 0 spiro atoms. The Morgan fingerprint density at radius 1 is 1.75 bits per heavy atom. The maximum absolute atomic E-state index is 12.1. The van der Waals surface area contributed by atoms with E-state index >= 15 is 0 Å². The number of aromatic nitrogens is 2. The highest BCUT2D eigenvalue weighted by Crippen LogP contribution is 2.17. The van der Waals surface area contributed by atoms with Gasteiger partial charge >= 0.3 is 0 Å². The van der Waals surface area contributed by atoms with E-state index in [-0.39, 0.29) is 5.91 Å². The van der Waals surface area contributed by atoms with Gasteiger partial charge in [0.1, 0.15) is 5.69 Å². The largest absolute Gasteiger partial charge is 0.396 e. The monoisotopic (exact) mass is 224 g/mol. The van der Waals surface area contributed by atoms with Crippen LogP contribution in [0.15, 0.2) is 6.20 Å². The van der Waals surface area contributed by atoms with E-state index in [0.29, 0.717) is 37.4 Å². The molecular weight excluding hydrogens is 208 g/mol. The lowest BCUT2D eigenvalue weighted by Crippen LogP contribution is -2.32. The standard InChI is InChI=1S/C10H16N4O2/c1-2-14-9(8(11)5-12-14)10(16)13-4-3-7(15)6-13/h5,7,15H,2-4,6,11H2,1H3/t7-/m0/s1. The van der Waals surface area contributed by atoms with Gasteiger partial charge in [-0.25, -0.2) is 0 Å². The predicted molar refractivity (Wildman–Crippen MR) is 58.8 cm³/mol. The van der Waals surface area contributed by atoms with Crippen LogP contribution in [0.4, 0.5) is 5.69 Å². The van der Waals surface area contributed by atoms with Crippen LogP contribution in [0.2, 0.25) is 0 Å². The Morgan fingerprint density at radius 2 is 2.50 bits per heavy atom. The second-order valence-corrected chi connectivity index (χ2v) is 3.96. The molecular formula is C10H16N4O2. The van der Waals surface area contributed by atoms with Gasteiger partial charge in [0.05, 0.1) is 18.0 Å². The van der Waals surface area contributed by atoms with E-state index in [1.807, 2.05) is 6.92 Å². The Morgan fingerprint density at radius 3 is 3.06 bits per heavy atom. The van der Waals surface area contributed by atoms with Crippen molar-refractivity contribution in [2.75, 3.05) is 18.8 Å². The average Bonchev–Trinajstić information content (AvgIpc) is 2.83. The zero-order valence-electron chi connectivity index (χ0n) is 9.26. The number of carbonyl (C=O) groups excluding carboxylic acids is 1. The lowest BCUT2D eigenvalue weighted by atomic mass is 10.3. The molecule has 0 aromatic carbocycles. The highest BCUT2D eigenvalue weighted by Gasteiger charge is 2.28. The van der Waals surface area contributed by atoms with Crippen LogP contribution in [-0.4, -0.2) is 44.9 Å². The van der Waals surface area contributed by atoms with Gasteiger partial charge in [0.2, 0.25) is 0 Å². The van der Waals surface area contributed by atoms with Crippen molar-refractivity contribution >= 4 is 11.6 Å². The number of rotatable bonds is 2. The van der Waals surface area contributed by atoms with Crippen molar-refractivity contribution in [2.45, 2.75) is 26.0 Å². The van der Waals surface area contributed by atoms with Gasteiger partial charge in [-0.2, -0.15) is 5.10 Å².